The van der Waals surface area contributed by atoms with Crippen LogP contribution in [0.2, 0.25) is 0 Å². The van der Waals surface area contributed by atoms with Gasteiger partial charge in [-0.15, -0.1) is 0 Å². The largest absolute Gasteiger partial charge is 0.497 e. The van der Waals surface area contributed by atoms with Gasteiger partial charge in [0.2, 0.25) is 0 Å². The maximum Gasteiger partial charge on any atom is 0.257 e. The van der Waals surface area contributed by atoms with E-state index in [0.717, 1.165) is 50.2 Å². The Morgan fingerprint density at radius 3 is 2.75 bits per heavy atom. The molecule has 0 bridgehead atoms. The normalized spacial score (nSPS) is 19.1. The molecule has 4 heterocycles. The van der Waals surface area contributed by atoms with Crippen LogP contribution in [0.1, 0.15) is 34.5 Å². The number of aromatic amines is 1. The van der Waals surface area contributed by atoms with Crippen molar-refractivity contribution >= 4 is 16.8 Å². The molecular formula is C22H25N3O3. The molecule has 1 aromatic carbocycles. The summed E-state index contributed by atoms with van der Waals surface area (Å²) in [5.41, 5.74) is 4.47. The van der Waals surface area contributed by atoms with Crippen LogP contribution in [-0.4, -0.2) is 54.5 Å². The highest BCUT2D eigenvalue weighted by Gasteiger charge is 2.45. The van der Waals surface area contributed by atoms with Crippen LogP contribution in [0.3, 0.4) is 0 Å². The third-order valence-electron chi connectivity index (χ3n) is 6.65. The highest BCUT2D eigenvalue weighted by Crippen LogP contribution is 2.45. The van der Waals surface area contributed by atoms with Crippen LogP contribution in [0.4, 0.5) is 0 Å². The summed E-state index contributed by atoms with van der Waals surface area (Å²) < 4.78 is 10.5. The number of hydrogen-bond donors (Lipinski definition) is 1. The van der Waals surface area contributed by atoms with Crippen molar-refractivity contribution in [3.8, 4) is 5.75 Å². The van der Waals surface area contributed by atoms with E-state index in [2.05, 4.69) is 29.1 Å². The Morgan fingerprint density at radius 2 is 2.04 bits per heavy atom. The number of nitrogens with zero attached hydrogens (tertiary/aromatic N) is 2. The van der Waals surface area contributed by atoms with E-state index in [9.17, 15) is 4.79 Å². The first-order chi connectivity index (χ1) is 13.6. The van der Waals surface area contributed by atoms with Gasteiger partial charge in [0, 0.05) is 36.2 Å². The van der Waals surface area contributed by atoms with Gasteiger partial charge in [-0.05, 0) is 56.1 Å². The molecule has 0 aliphatic carbocycles. The van der Waals surface area contributed by atoms with Crippen LogP contribution in [0.25, 0.3) is 10.9 Å². The van der Waals surface area contributed by atoms with Gasteiger partial charge in [0.25, 0.3) is 5.91 Å². The zero-order valence-corrected chi connectivity index (χ0v) is 16.3. The van der Waals surface area contributed by atoms with Crippen molar-refractivity contribution in [2.45, 2.75) is 24.8 Å². The number of likely N-dealkylation sites (tertiary alicyclic amines) is 1. The Kier molecular flexibility index (Phi) is 3.98. The van der Waals surface area contributed by atoms with Gasteiger partial charge in [0.05, 0.1) is 24.5 Å². The lowest BCUT2D eigenvalue weighted by atomic mass is 9.78. The molecule has 1 spiro atoms. The van der Waals surface area contributed by atoms with E-state index in [4.69, 9.17) is 9.15 Å². The number of methoxy groups -OCH3 is 1. The van der Waals surface area contributed by atoms with Gasteiger partial charge in [-0.3, -0.25) is 9.69 Å². The highest BCUT2D eigenvalue weighted by atomic mass is 16.5. The minimum Gasteiger partial charge on any atom is -0.497 e. The lowest BCUT2D eigenvalue weighted by Gasteiger charge is -2.49. The Bertz CT molecular complexity index is 1010. The van der Waals surface area contributed by atoms with Crippen molar-refractivity contribution in [2.75, 3.05) is 33.8 Å². The summed E-state index contributed by atoms with van der Waals surface area (Å²) in [4.78, 5) is 20.8. The van der Waals surface area contributed by atoms with E-state index in [1.54, 1.807) is 19.4 Å². The van der Waals surface area contributed by atoms with E-state index in [1.807, 2.05) is 11.0 Å². The van der Waals surface area contributed by atoms with E-state index in [0.29, 0.717) is 5.56 Å². The van der Waals surface area contributed by atoms with Gasteiger partial charge < -0.3 is 19.0 Å². The molecule has 5 rings (SSSR count). The quantitative estimate of drug-likeness (QED) is 0.741. The van der Waals surface area contributed by atoms with Crippen LogP contribution in [-0.2, 0) is 12.0 Å². The molecule has 0 saturated carbocycles. The summed E-state index contributed by atoms with van der Waals surface area (Å²) in [7, 11) is 3.92. The predicted octanol–water partition coefficient (Wildman–Crippen LogP) is 3.39. The number of nitrogens with one attached hydrogen (secondary N) is 1. The number of aromatic nitrogens is 1. The van der Waals surface area contributed by atoms with Gasteiger partial charge in [0.1, 0.15) is 12.0 Å². The predicted molar refractivity (Wildman–Crippen MR) is 107 cm³/mol. The molecular weight excluding hydrogens is 354 g/mol. The SMILES string of the molecule is COc1ccc2[nH]c3c(c2c1)CCN(C)C31CCN(C(=O)c2ccoc2)CC1. The van der Waals surface area contributed by atoms with Crippen LogP contribution >= 0.6 is 0 Å². The number of furan rings is 1. The highest BCUT2D eigenvalue weighted by molar-refractivity contribution is 5.94. The molecule has 2 aliphatic rings. The van der Waals surface area contributed by atoms with Crippen molar-refractivity contribution in [2.24, 2.45) is 0 Å². The van der Waals surface area contributed by atoms with E-state index < -0.39 is 0 Å². The standard InChI is InChI=1S/C22H25N3O3/c1-24-9-5-17-18-13-16(27-2)3-4-19(18)23-20(17)22(24)7-10-25(11-8-22)21(26)15-6-12-28-14-15/h3-4,6,12-14,23H,5,7-11H2,1-2H3. The molecule has 1 amide bonds. The molecule has 146 valence electrons. The topological polar surface area (TPSA) is 61.7 Å². The molecule has 28 heavy (non-hydrogen) atoms. The number of hydrogen-bond acceptors (Lipinski definition) is 4. The minimum absolute atomic E-state index is 0.0486. The van der Waals surface area contributed by atoms with Gasteiger partial charge in [0.15, 0.2) is 0 Å². The Labute approximate surface area is 164 Å². The fourth-order valence-electron chi connectivity index (χ4n) is 4.98. The monoisotopic (exact) mass is 379 g/mol. The molecule has 1 saturated heterocycles. The number of carbonyl (C=O) groups is 1. The molecule has 0 unspecified atom stereocenters. The maximum absolute atomic E-state index is 12.7. The van der Waals surface area contributed by atoms with Crippen LogP contribution in [0.15, 0.2) is 41.2 Å². The van der Waals surface area contributed by atoms with Gasteiger partial charge in [-0.1, -0.05) is 0 Å². The number of rotatable bonds is 2. The first-order valence-electron chi connectivity index (χ1n) is 9.84. The Balaban J connectivity index is 1.48. The van der Waals surface area contributed by atoms with Gasteiger partial charge in [-0.2, -0.15) is 0 Å². The van der Waals surface area contributed by atoms with Gasteiger partial charge in [-0.25, -0.2) is 0 Å². The van der Waals surface area contributed by atoms with Crippen molar-refractivity contribution in [3.63, 3.8) is 0 Å². The van der Waals surface area contributed by atoms with Crippen LogP contribution in [0.5, 0.6) is 5.75 Å². The maximum atomic E-state index is 12.7. The third-order valence-corrected chi connectivity index (χ3v) is 6.65. The summed E-state index contributed by atoms with van der Waals surface area (Å²) in [5, 5.41) is 1.26. The summed E-state index contributed by atoms with van der Waals surface area (Å²) in [6.07, 6.45) is 5.95. The molecule has 2 aromatic heterocycles. The van der Waals surface area contributed by atoms with Crippen LogP contribution in [0, 0.1) is 0 Å². The summed E-state index contributed by atoms with van der Waals surface area (Å²) in [5.74, 6) is 0.950. The minimum atomic E-state index is -0.0486. The molecule has 3 aromatic rings. The Hall–Kier alpha value is -2.73. The number of H-pyrrole nitrogens is 1. The van der Waals surface area contributed by atoms with Crippen molar-refractivity contribution in [1.82, 2.24) is 14.8 Å². The fraction of sp³-hybridized carbons (Fsp3) is 0.409. The van der Waals surface area contributed by atoms with E-state index in [1.165, 1.54) is 22.9 Å². The summed E-state index contributed by atoms with van der Waals surface area (Å²) >= 11 is 0. The first kappa shape index (κ1) is 17.4. The number of likely N-dealkylation sites (N-methyl/N-ethyl adjacent to an activating group) is 1. The molecule has 2 aliphatic heterocycles. The zero-order valence-electron chi connectivity index (χ0n) is 16.3. The fourth-order valence-corrected chi connectivity index (χ4v) is 4.98. The smallest absolute Gasteiger partial charge is 0.257 e. The number of carbonyl (C=O) groups excluding carboxylic acids is 1. The first-order valence-corrected chi connectivity index (χ1v) is 9.84. The molecule has 0 radical (unpaired) electrons. The molecule has 1 fully saturated rings. The zero-order chi connectivity index (χ0) is 19.3. The number of fused-ring (bicyclic) bond motifs is 4. The van der Waals surface area contributed by atoms with E-state index in [-0.39, 0.29) is 11.4 Å². The number of ether oxygens (including phenoxy) is 1. The third kappa shape index (κ3) is 2.48. The van der Waals surface area contributed by atoms with Crippen molar-refractivity contribution in [1.29, 1.82) is 0 Å². The molecule has 1 N–H and O–H groups in total. The number of amides is 1. The second-order valence-corrected chi connectivity index (χ2v) is 7.90. The molecule has 6 nitrogen and oxygen atoms in total. The van der Waals surface area contributed by atoms with Crippen molar-refractivity contribution < 1.29 is 13.9 Å². The van der Waals surface area contributed by atoms with Crippen molar-refractivity contribution in [3.05, 3.63) is 53.6 Å². The lowest BCUT2D eigenvalue weighted by Crippen LogP contribution is -2.55. The second-order valence-electron chi connectivity index (χ2n) is 7.90. The van der Waals surface area contributed by atoms with E-state index >= 15 is 0 Å². The summed E-state index contributed by atoms with van der Waals surface area (Å²) in [6.45, 7) is 2.51. The number of piperidine rings is 1. The molecule has 0 atom stereocenters. The number of benzene rings is 1. The Morgan fingerprint density at radius 1 is 1.21 bits per heavy atom. The summed E-state index contributed by atoms with van der Waals surface area (Å²) in [6, 6.07) is 7.99. The molecule has 6 heteroatoms. The van der Waals surface area contributed by atoms with Crippen LogP contribution < -0.4 is 4.74 Å². The van der Waals surface area contributed by atoms with Gasteiger partial charge >= 0.3 is 0 Å². The average Bonchev–Trinajstić information content (AvgIpc) is 3.39. The second kappa shape index (κ2) is 6.41. The average molecular weight is 379 g/mol. The lowest BCUT2D eigenvalue weighted by molar-refractivity contribution is 0.0231.